The van der Waals surface area contributed by atoms with Crippen molar-refractivity contribution in [3.63, 3.8) is 0 Å². The highest BCUT2D eigenvalue weighted by Gasteiger charge is 2.31. The van der Waals surface area contributed by atoms with Crippen molar-refractivity contribution in [1.82, 2.24) is 0 Å². The van der Waals surface area contributed by atoms with Crippen LogP contribution in [0.3, 0.4) is 0 Å². The molecule has 18 heavy (non-hydrogen) atoms. The SMILES string of the molecule is CC(O)(COCC1(N)CCCC1)c1ccccc1. The van der Waals surface area contributed by atoms with Gasteiger partial charge in [0.2, 0.25) is 0 Å². The van der Waals surface area contributed by atoms with E-state index in [-0.39, 0.29) is 12.1 Å². The van der Waals surface area contributed by atoms with Crippen molar-refractivity contribution in [2.45, 2.75) is 43.7 Å². The topological polar surface area (TPSA) is 55.5 Å². The van der Waals surface area contributed by atoms with Gasteiger partial charge in [0.1, 0.15) is 5.60 Å². The maximum atomic E-state index is 10.4. The first-order valence-electron chi connectivity index (χ1n) is 6.66. The molecule has 3 nitrogen and oxygen atoms in total. The van der Waals surface area contributed by atoms with Gasteiger partial charge < -0.3 is 15.6 Å². The van der Waals surface area contributed by atoms with Gasteiger partial charge >= 0.3 is 0 Å². The minimum atomic E-state index is -0.948. The van der Waals surface area contributed by atoms with Crippen LogP contribution in [0.1, 0.15) is 38.2 Å². The van der Waals surface area contributed by atoms with Gasteiger partial charge in [-0.25, -0.2) is 0 Å². The molecule has 0 heterocycles. The Morgan fingerprint density at radius 1 is 1.28 bits per heavy atom. The summed E-state index contributed by atoms with van der Waals surface area (Å²) in [6.07, 6.45) is 4.44. The molecule has 0 aliphatic heterocycles. The Balaban J connectivity index is 1.86. The Bertz CT molecular complexity index is 369. The molecule has 1 aliphatic rings. The second-order valence-corrected chi connectivity index (χ2v) is 5.70. The maximum Gasteiger partial charge on any atom is 0.110 e. The Hall–Kier alpha value is -0.900. The second-order valence-electron chi connectivity index (χ2n) is 5.70. The smallest absolute Gasteiger partial charge is 0.110 e. The van der Waals surface area contributed by atoms with Crippen molar-refractivity contribution in [2.75, 3.05) is 13.2 Å². The first-order valence-corrected chi connectivity index (χ1v) is 6.66. The van der Waals surface area contributed by atoms with Crippen LogP contribution in [0.4, 0.5) is 0 Å². The summed E-state index contributed by atoms with van der Waals surface area (Å²) in [6.45, 7) is 2.60. The van der Waals surface area contributed by atoms with E-state index >= 15 is 0 Å². The average molecular weight is 249 g/mol. The molecular weight excluding hydrogens is 226 g/mol. The third kappa shape index (κ3) is 3.31. The lowest BCUT2D eigenvalue weighted by Gasteiger charge is -2.28. The van der Waals surface area contributed by atoms with Gasteiger partial charge in [0.05, 0.1) is 13.2 Å². The molecule has 1 aromatic rings. The van der Waals surface area contributed by atoms with Crippen LogP contribution >= 0.6 is 0 Å². The predicted molar refractivity (Wildman–Crippen MR) is 72.2 cm³/mol. The third-order valence-electron chi connectivity index (χ3n) is 3.77. The van der Waals surface area contributed by atoms with Gasteiger partial charge in [0, 0.05) is 5.54 Å². The van der Waals surface area contributed by atoms with Crippen molar-refractivity contribution in [3.05, 3.63) is 35.9 Å². The highest BCUT2D eigenvalue weighted by atomic mass is 16.5. The van der Waals surface area contributed by atoms with Crippen molar-refractivity contribution in [3.8, 4) is 0 Å². The van der Waals surface area contributed by atoms with E-state index in [1.165, 1.54) is 12.8 Å². The zero-order valence-corrected chi connectivity index (χ0v) is 11.1. The number of benzene rings is 1. The molecule has 1 atom stereocenters. The largest absolute Gasteiger partial charge is 0.383 e. The molecule has 1 aliphatic carbocycles. The van der Waals surface area contributed by atoms with Gasteiger partial charge in [-0.3, -0.25) is 0 Å². The highest BCUT2D eigenvalue weighted by Crippen LogP contribution is 2.28. The third-order valence-corrected chi connectivity index (χ3v) is 3.77. The minimum Gasteiger partial charge on any atom is -0.383 e. The Morgan fingerprint density at radius 2 is 1.89 bits per heavy atom. The quantitative estimate of drug-likeness (QED) is 0.841. The number of nitrogens with two attached hydrogens (primary N) is 1. The maximum absolute atomic E-state index is 10.4. The summed E-state index contributed by atoms with van der Waals surface area (Å²) in [5.41, 5.74) is 5.98. The molecule has 1 unspecified atom stereocenters. The molecule has 0 saturated heterocycles. The van der Waals surface area contributed by atoms with Crippen LogP contribution < -0.4 is 5.73 Å². The van der Waals surface area contributed by atoms with Crippen LogP contribution in [0, 0.1) is 0 Å². The van der Waals surface area contributed by atoms with Crippen molar-refractivity contribution in [1.29, 1.82) is 0 Å². The fourth-order valence-electron chi connectivity index (χ4n) is 2.56. The standard InChI is InChI=1S/C15H23NO2/c1-14(17,13-7-3-2-4-8-13)11-18-12-15(16)9-5-6-10-15/h2-4,7-8,17H,5-6,9-12,16H2,1H3. The number of rotatable bonds is 5. The molecule has 1 fully saturated rings. The molecule has 1 saturated carbocycles. The first kappa shape index (κ1) is 13.5. The summed E-state index contributed by atoms with van der Waals surface area (Å²) in [7, 11) is 0. The molecule has 3 N–H and O–H groups in total. The molecular formula is C15H23NO2. The van der Waals surface area contributed by atoms with E-state index in [9.17, 15) is 5.11 Å². The normalized spacial score (nSPS) is 21.7. The summed E-state index contributed by atoms with van der Waals surface area (Å²) in [5.74, 6) is 0. The van der Waals surface area contributed by atoms with Gasteiger partial charge in [-0.15, -0.1) is 0 Å². The van der Waals surface area contributed by atoms with Gasteiger partial charge in [-0.05, 0) is 25.3 Å². The van der Waals surface area contributed by atoms with Crippen LogP contribution in [0.25, 0.3) is 0 Å². The summed E-state index contributed by atoms with van der Waals surface area (Å²) in [5, 5.41) is 10.4. The van der Waals surface area contributed by atoms with Gasteiger partial charge in [-0.2, -0.15) is 0 Å². The molecule has 0 aromatic heterocycles. The van der Waals surface area contributed by atoms with Crippen LogP contribution in [0.2, 0.25) is 0 Å². The van der Waals surface area contributed by atoms with E-state index in [1.807, 2.05) is 30.3 Å². The Labute approximate surface area is 109 Å². The molecule has 0 bridgehead atoms. The summed E-state index contributed by atoms with van der Waals surface area (Å²) < 4.78 is 5.66. The number of aliphatic hydroxyl groups is 1. The van der Waals surface area contributed by atoms with Gasteiger partial charge in [-0.1, -0.05) is 43.2 Å². The summed E-state index contributed by atoms with van der Waals surface area (Å²) >= 11 is 0. The van der Waals surface area contributed by atoms with Crippen LogP contribution in [-0.2, 0) is 10.3 Å². The highest BCUT2D eigenvalue weighted by molar-refractivity contribution is 5.21. The van der Waals surface area contributed by atoms with E-state index in [1.54, 1.807) is 6.92 Å². The lowest BCUT2D eigenvalue weighted by molar-refractivity contribution is -0.0490. The molecule has 0 radical (unpaired) electrons. The van der Waals surface area contributed by atoms with E-state index in [0.29, 0.717) is 6.61 Å². The molecule has 1 aromatic carbocycles. The zero-order chi connectivity index (χ0) is 13.1. The molecule has 2 rings (SSSR count). The summed E-state index contributed by atoms with van der Waals surface area (Å²) in [4.78, 5) is 0. The van der Waals surface area contributed by atoms with Crippen molar-refractivity contribution in [2.24, 2.45) is 5.73 Å². The first-order chi connectivity index (χ1) is 8.52. The molecule has 0 amide bonds. The van der Waals surface area contributed by atoms with E-state index in [4.69, 9.17) is 10.5 Å². The van der Waals surface area contributed by atoms with Crippen LogP contribution in [0.5, 0.6) is 0 Å². The molecule has 100 valence electrons. The van der Waals surface area contributed by atoms with E-state index in [2.05, 4.69) is 0 Å². The average Bonchev–Trinajstić information content (AvgIpc) is 2.77. The number of ether oxygens (including phenoxy) is 1. The Kier molecular flexibility index (Phi) is 4.05. The number of hydrogen-bond donors (Lipinski definition) is 2. The Morgan fingerprint density at radius 3 is 2.50 bits per heavy atom. The second kappa shape index (κ2) is 5.39. The van der Waals surface area contributed by atoms with E-state index < -0.39 is 5.60 Å². The molecule has 0 spiro atoms. The van der Waals surface area contributed by atoms with Crippen LogP contribution in [0.15, 0.2) is 30.3 Å². The lowest BCUT2D eigenvalue weighted by Crippen LogP contribution is -2.43. The van der Waals surface area contributed by atoms with E-state index in [0.717, 1.165) is 18.4 Å². The fourth-order valence-corrected chi connectivity index (χ4v) is 2.56. The number of hydrogen-bond acceptors (Lipinski definition) is 3. The fraction of sp³-hybridized carbons (Fsp3) is 0.600. The predicted octanol–water partition coefficient (Wildman–Crippen LogP) is 2.18. The van der Waals surface area contributed by atoms with Crippen molar-refractivity contribution >= 4 is 0 Å². The minimum absolute atomic E-state index is 0.174. The molecule has 3 heteroatoms. The van der Waals surface area contributed by atoms with Crippen molar-refractivity contribution < 1.29 is 9.84 Å². The monoisotopic (exact) mass is 249 g/mol. The lowest BCUT2D eigenvalue weighted by atomic mass is 9.97. The van der Waals surface area contributed by atoms with Gasteiger partial charge in [0.25, 0.3) is 0 Å². The zero-order valence-electron chi connectivity index (χ0n) is 11.1. The van der Waals surface area contributed by atoms with Crippen LogP contribution in [-0.4, -0.2) is 23.9 Å². The van der Waals surface area contributed by atoms with Gasteiger partial charge in [0.15, 0.2) is 0 Å². The summed E-state index contributed by atoms with van der Waals surface area (Å²) in [6, 6.07) is 9.61.